The second kappa shape index (κ2) is 9.64. The summed E-state index contributed by atoms with van der Waals surface area (Å²) in [4.78, 5) is 27.6. The number of aromatic nitrogens is 2. The molecule has 0 spiro atoms. The first-order valence-electron chi connectivity index (χ1n) is 9.64. The fourth-order valence-electron chi connectivity index (χ4n) is 3.01. The lowest BCUT2D eigenvalue weighted by atomic mass is 10.2. The van der Waals surface area contributed by atoms with Crippen molar-refractivity contribution in [2.45, 2.75) is 31.2 Å². The number of aryl methyl sites for hydroxylation is 1. The molecule has 2 aromatic carbocycles. The second-order valence-corrected chi connectivity index (χ2v) is 8.63. The minimum absolute atomic E-state index is 0.00517. The zero-order chi connectivity index (χ0) is 21.6. The number of nitrogens with zero attached hydrogens (tertiary/aromatic N) is 2. The van der Waals surface area contributed by atoms with Gasteiger partial charge in [0.1, 0.15) is 0 Å². The molecule has 0 bridgehead atoms. The SMILES string of the molecule is CC(=O)c1ccc(S(=O)(=O)NCCC(=O)NCCCn2cnc3ccccc32)cc1. The van der Waals surface area contributed by atoms with E-state index in [2.05, 4.69) is 15.0 Å². The van der Waals surface area contributed by atoms with Crippen molar-refractivity contribution in [3.05, 3.63) is 60.4 Å². The Labute approximate surface area is 175 Å². The van der Waals surface area contributed by atoms with E-state index in [4.69, 9.17) is 0 Å². The van der Waals surface area contributed by atoms with E-state index in [-0.39, 0.29) is 29.6 Å². The normalized spacial score (nSPS) is 11.5. The summed E-state index contributed by atoms with van der Waals surface area (Å²) in [5.41, 5.74) is 2.43. The van der Waals surface area contributed by atoms with Crippen LogP contribution >= 0.6 is 0 Å². The number of ketones is 1. The highest BCUT2D eigenvalue weighted by Crippen LogP contribution is 2.12. The molecule has 0 atom stereocenters. The molecule has 158 valence electrons. The number of hydrogen-bond acceptors (Lipinski definition) is 5. The minimum Gasteiger partial charge on any atom is -0.356 e. The smallest absolute Gasteiger partial charge is 0.240 e. The van der Waals surface area contributed by atoms with Gasteiger partial charge in [-0.05, 0) is 37.6 Å². The van der Waals surface area contributed by atoms with E-state index in [9.17, 15) is 18.0 Å². The van der Waals surface area contributed by atoms with Gasteiger partial charge in [-0.15, -0.1) is 0 Å². The number of Topliss-reactive ketones (excluding diaryl/α,β-unsaturated/α-hetero) is 1. The van der Waals surface area contributed by atoms with Crippen LogP contribution in [0.15, 0.2) is 59.8 Å². The van der Waals surface area contributed by atoms with Crippen LogP contribution in [0, 0.1) is 0 Å². The molecule has 3 aromatic rings. The van der Waals surface area contributed by atoms with E-state index in [0.717, 1.165) is 24.0 Å². The van der Waals surface area contributed by atoms with E-state index in [0.29, 0.717) is 12.1 Å². The molecule has 2 N–H and O–H groups in total. The first-order chi connectivity index (χ1) is 14.4. The van der Waals surface area contributed by atoms with Gasteiger partial charge in [0.25, 0.3) is 0 Å². The van der Waals surface area contributed by atoms with Crippen LogP contribution < -0.4 is 10.0 Å². The summed E-state index contributed by atoms with van der Waals surface area (Å²) in [6.45, 7) is 2.63. The molecule has 0 saturated heterocycles. The molecule has 1 amide bonds. The Kier molecular flexibility index (Phi) is 6.96. The van der Waals surface area contributed by atoms with Gasteiger partial charge in [-0.1, -0.05) is 24.3 Å². The third kappa shape index (κ3) is 5.52. The Bertz CT molecular complexity index is 1140. The summed E-state index contributed by atoms with van der Waals surface area (Å²) in [5, 5.41) is 2.79. The molecule has 0 aliphatic rings. The molecular formula is C21H24N4O4S. The Balaban J connectivity index is 1.38. The van der Waals surface area contributed by atoms with Gasteiger partial charge in [0, 0.05) is 31.6 Å². The van der Waals surface area contributed by atoms with Crippen molar-refractivity contribution in [1.82, 2.24) is 19.6 Å². The predicted molar refractivity (Wildman–Crippen MR) is 114 cm³/mol. The fourth-order valence-corrected chi connectivity index (χ4v) is 4.04. The van der Waals surface area contributed by atoms with Gasteiger partial charge in [-0.2, -0.15) is 0 Å². The van der Waals surface area contributed by atoms with Crippen LogP contribution in [0.1, 0.15) is 30.1 Å². The van der Waals surface area contributed by atoms with E-state index in [1.165, 1.54) is 31.2 Å². The third-order valence-corrected chi connectivity index (χ3v) is 6.12. The first kappa shape index (κ1) is 21.7. The molecular weight excluding hydrogens is 404 g/mol. The molecule has 8 nitrogen and oxygen atoms in total. The van der Waals surface area contributed by atoms with Crippen LogP contribution in [-0.4, -0.2) is 42.7 Å². The topological polar surface area (TPSA) is 110 Å². The van der Waals surface area contributed by atoms with Gasteiger partial charge >= 0.3 is 0 Å². The van der Waals surface area contributed by atoms with Gasteiger partial charge in [0.05, 0.1) is 22.3 Å². The van der Waals surface area contributed by atoms with Crippen LogP contribution in [0.25, 0.3) is 11.0 Å². The number of imidazole rings is 1. The standard InChI is InChI=1S/C21H24N4O4S/c1-16(26)17-7-9-18(10-8-17)30(28,29)24-13-11-21(27)22-12-4-14-25-15-23-19-5-2-3-6-20(19)25/h2-3,5-10,15,24H,4,11-14H2,1H3,(H,22,27). The summed E-state index contributed by atoms with van der Waals surface area (Å²) in [6, 6.07) is 13.5. The van der Waals surface area contributed by atoms with Crippen LogP contribution in [0.3, 0.4) is 0 Å². The largest absolute Gasteiger partial charge is 0.356 e. The zero-order valence-electron chi connectivity index (χ0n) is 16.7. The Morgan fingerprint density at radius 1 is 1.03 bits per heavy atom. The molecule has 30 heavy (non-hydrogen) atoms. The first-order valence-corrected chi connectivity index (χ1v) is 11.1. The average molecular weight is 429 g/mol. The second-order valence-electron chi connectivity index (χ2n) is 6.86. The number of rotatable bonds is 10. The Morgan fingerprint density at radius 2 is 1.77 bits per heavy atom. The molecule has 9 heteroatoms. The lowest BCUT2D eigenvalue weighted by Crippen LogP contribution is -2.31. The van der Waals surface area contributed by atoms with Crippen molar-refractivity contribution >= 4 is 32.7 Å². The molecule has 0 aliphatic carbocycles. The van der Waals surface area contributed by atoms with Gasteiger partial charge in [-0.25, -0.2) is 18.1 Å². The molecule has 0 radical (unpaired) electrons. The number of carbonyl (C=O) groups excluding carboxylic acids is 2. The summed E-state index contributed by atoms with van der Waals surface area (Å²) in [7, 11) is -3.73. The van der Waals surface area contributed by atoms with Gasteiger partial charge < -0.3 is 9.88 Å². The van der Waals surface area contributed by atoms with Crippen LogP contribution in [0.4, 0.5) is 0 Å². The number of hydrogen-bond donors (Lipinski definition) is 2. The number of nitrogens with one attached hydrogen (secondary N) is 2. The van der Waals surface area contributed by atoms with Crippen molar-refractivity contribution in [2.24, 2.45) is 0 Å². The summed E-state index contributed by atoms with van der Waals surface area (Å²) < 4.78 is 29.0. The molecule has 1 aromatic heterocycles. The van der Waals surface area contributed by atoms with Crippen LogP contribution in [-0.2, 0) is 21.4 Å². The van der Waals surface area contributed by atoms with Crippen molar-refractivity contribution in [2.75, 3.05) is 13.1 Å². The molecule has 3 rings (SSSR count). The Hall–Kier alpha value is -3.04. The zero-order valence-corrected chi connectivity index (χ0v) is 17.5. The number of para-hydroxylation sites is 2. The highest BCUT2D eigenvalue weighted by molar-refractivity contribution is 7.89. The van der Waals surface area contributed by atoms with Crippen molar-refractivity contribution in [3.63, 3.8) is 0 Å². The van der Waals surface area contributed by atoms with E-state index >= 15 is 0 Å². The van der Waals surface area contributed by atoms with Gasteiger partial charge in [0.2, 0.25) is 15.9 Å². The number of carbonyl (C=O) groups is 2. The number of sulfonamides is 1. The predicted octanol–water partition coefficient (Wildman–Crippen LogP) is 2.11. The maximum atomic E-state index is 12.3. The van der Waals surface area contributed by atoms with E-state index in [1.54, 1.807) is 6.33 Å². The summed E-state index contributed by atoms with van der Waals surface area (Å²) >= 11 is 0. The lowest BCUT2D eigenvalue weighted by Gasteiger charge is -2.09. The average Bonchev–Trinajstić information content (AvgIpc) is 3.14. The monoisotopic (exact) mass is 428 g/mol. The number of fused-ring (bicyclic) bond motifs is 1. The molecule has 0 fully saturated rings. The highest BCUT2D eigenvalue weighted by atomic mass is 32.2. The maximum Gasteiger partial charge on any atom is 0.240 e. The maximum absolute atomic E-state index is 12.3. The van der Waals surface area contributed by atoms with Gasteiger partial charge in [0.15, 0.2) is 5.78 Å². The lowest BCUT2D eigenvalue weighted by molar-refractivity contribution is -0.120. The van der Waals surface area contributed by atoms with E-state index < -0.39 is 10.0 Å². The quantitative estimate of drug-likeness (QED) is 0.380. The van der Waals surface area contributed by atoms with Gasteiger partial charge in [-0.3, -0.25) is 9.59 Å². The Morgan fingerprint density at radius 3 is 2.50 bits per heavy atom. The molecule has 0 aliphatic heterocycles. The van der Waals surface area contributed by atoms with Crippen LogP contribution in [0.2, 0.25) is 0 Å². The molecule has 1 heterocycles. The summed E-state index contributed by atoms with van der Waals surface area (Å²) in [5.74, 6) is -0.357. The van der Waals surface area contributed by atoms with Crippen LogP contribution in [0.5, 0.6) is 0 Å². The third-order valence-electron chi connectivity index (χ3n) is 4.64. The van der Waals surface area contributed by atoms with Crippen molar-refractivity contribution in [3.8, 4) is 0 Å². The molecule has 0 saturated carbocycles. The minimum atomic E-state index is -3.73. The fraction of sp³-hybridized carbons (Fsp3) is 0.286. The van der Waals surface area contributed by atoms with E-state index in [1.807, 2.05) is 28.8 Å². The van der Waals surface area contributed by atoms with Crippen molar-refractivity contribution < 1.29 is 18.0 Å². The highest BCUT2D eigenvalue weighted by Gasteiger charge is 2.14. The number of benzene rings is 2. The molecule has 0 unspecified atom stereocenters. The van der Waals surface area contributed by atoms with Crippen molar-refractivity contribution in [1.29, 1.82) is 0 Å². The number of amides is 1. The summed E-state index contributed by atoms with van der Waals surface area (Å²) in [6.07, 6.45) is 2.56.